The third-order valence-electron chi connectivity index (χ3n) is 3.61. The number of hydrogen-bond acceptors (Lipinski definition) is 2. The van der Waals surface area contributed by atoms with Crippen LogP contribution in [-0.2, 0) is 4.79 Å². The molecule has 3 aromatic rings. The van der Waals surface area contributed by atoms with Gasteiger partial charge in [0.1, 0.15) is 0 Å². The highest BCUT2D eigenvalue weighted by Crippen LogP contribution is 2.27. The summed E-state index contributed by atoms with van der Waals surface area (Å²) in [5, 5.41) is 3.98. The van der Waals surface area contributed by atoms with Crippen LogP contribution in [0.3, 0.4) is 0 Å². The molecule has 2 heterocycles. The Hall–Kier alpha value is -2.04. The number of nitrogens with zero attached hydrogens (tertiary/aromatic N) is 2. The van der Waals surface area contributed by atoms with Crippen LogP contribution in [0.25, 0.3) is 16.9 Å². The topological polar surface area (TPSA) is 46.4 Å². The van der Waals surface area contributed by atoms with E-state index in [1.165, 1.54) is 0 Å². The Morgan fingerprint density at radius 3 is 2.68 bits per heavy atom. The maximum absolute atomic E-state index is 12.1. The fourth-order valence-electron chi connectivity index (χ4n) is 2.61. The van der Waals surface area contributed by atoms with E-state index in [0.29, 0.717) is 22.1 Å². The summed E-state index contributed by atoms with van der Waals surface area (Å²) >= 11 is 12.2. The maximum atomic E-state index is 12.1. The van der Waals surface area contributed by atoms with Crippen molar-refractivity contribution >= 4 is 40.4 Å². The molecule has 0 spiro atoms. The molecule has 0 saturated heterocycles. The van der Waals surface area contributed by atoms with E-state index >= 15 is 0 Å². The molecule has 0 aliphatic carbocycles. The molecule has 1 N–H and O–H groups in total. The minimum Gasteiger partial charge on any atom is -0.326 e. The molecule has 3 rings (SSSR count). The third-order valence-corrected chi connectivity index (χ3v) is 4.09. The minimum absolute atomic E-state index is 0.00511. The maximum Gasteiger partial charge on any atom is 0.224 e. The van der Waals surface area contributed by atoms with Crippen molar-refractivity contribution in [3.8, 4) is 11.3 Å². The summed E-state index contributed by atoms with van der Waals surface area (Å²) in [5.41, 5.74) is 2.98. The molecule has 0 unspecified atom stereocenters. The molecule has 2 aromatic heterocycles. The molecular formula is C19H19Cl2N3O. The molecule has 25 heavy (non-hydrogen) atoms. The Balaban J connectivity index is 1.89. The first-order chi connectivity index (χ1) is 11.7. The number of anilines is 1. The van der Waals surface area contributed by atoms with Gasteiger partial charge in [0.05, 0.1) is 15.7 Å². The van der Waals surface area contributed by atoms with Crippen molar-refractivity contribution in [3.05, 3.63) is 52.8 Å². The van der Waals surface area contributed by atoms with Gasteiger partial charge in [-0.15, -0.1) is 0 Å². The molecule has 0 aliphatic heterocycles. The van der Waals surface area contributed by atoms with Crippen LogP contribution in [0, 0.1) is 5.41 Å². The Kier molecular flexibility index (Phi) is 4.76. The first-order valence-electron chi connectivity index (χ1n) is 7.95. The standard InChI is InChI=1S/C19H19Cl2N3O/c1-19(2,3)9-17(25)22-14-6-4-5-12(7-14)16-11-24-10-13(20)8-15(21)18(24)23-16/h4-8,10-11H,9H2,1-3H3,(H,22,25). The first-order valence-corrected chi connectivity index (χ1v) is 8.71. The van der Waals surface area contributed by atoms with Gasteiger partial charge in [-0.2, -0.15) is 0 Å². The van der Waals surface area contributed by atoms with Crippen molar-refractivity contribution in [2.45, 2.75) is 27.2 Å². The summed E-state index contributed by atoms with van der Waals surface area (Å²) in [6.07, 6.45) is 4.08. The SMILES string of the molecule is CC(C)(C)CC(=O)Nc1cccc(-c2cn3cc(Cl)cc(Cl)c3n2)c1. The lowest BCUT2D eigenvalue weighted by atomic mass is 9.92. The highest BCUT2D eigenvalue weighted by atomic mass is 35.5. The van der Waals surface area contributed by atoms with Crippen LogP contribution >= 0.6 is 23.2 Å². The van der Waals surface area contributed by atoms with Crippen molar-refractivity contribution < 1.29 is 4.79 Å². The van der Waals surface area contributed by atoms with Crippen LogP contribution in [-0.4, -0.2) is 15.3 Å². The van der Waals surface area contributed by atoms with E-state index in [9.17, 15) is 4.79 Å². The zero-order valence-electron chi connectivity index (χ0n) is 14.3. The van der Waals surface area contributed by atoms with Gasteiger partial charge < -0.3 is 9.72 Å². The van der Waals surface area contributed by atoms with Gasteiger partial charge >= 0.3 is 0 Å². The quantitative estimate of drug-likeness (QED) is 0.639. The lowest BCUT2D eigenvalue weighted by molar-refractivity contribution is -0.117. The van der Waals surface area contributed by atoms with Crippen LogP contribution in [0.15, 0.2) is 42.7 Å². The lowest BCUT2D eigenvalue weighted by Gasteiger charge is -2.17. The number of pyridine rings is 1. The minimum atomic E-state index is -0.0562. The molecule has 4 nitrogen and oxygen atoms in total. The van der Waals surface area contributed by atoms with Gasteiger partial charge in [0.25, 0.3) is 0 Å². The van der Waals surface area contributed by atoms with Crippen LogP contribution in [0.2, 0.25) is 10.0 Å². The summed E-state index contributed by atoms with van der Waals surface area (Å²) in [6, 6.07) is 9.26. The van der Waals surface area contributed by atoms with Gasteiger partial charge in [-0.3, -0.25) is 4.79 Å². The number of halogens is 2. The predicted octanol–water partition coefficient (Wildman–Crippen LogP) is 5.68. The van der Waals surface area contributed by atoms with Gasteiger partial charge in [0.15, 0.2) is 5.65 Å². The summed E-state index contributed by atoms with van der Waals surface area (Å²) in [5.74, 6) is -0.00511. The molecule has 0 bridgehead atoms. The van der Waals surface area contributed by atoms with Crippen molar-refractivity contribution in [3.63, 3.8) is 0 Å². The second-order valence-corrected chi connectivity index (χ2v) is 8.07. The van der Waals surface area contributed by atoms with E-state index in [0.717, 1.165) is 16.9 Å². The fourth-order valence-corrected chi connectivity index (χ4v) is 3.13. The van der Waals surface area contributed by atoms with Gasteiger partial charge in [-0.25, -0.2) is 4.98 Å². The molecule has 130 valence electrons. The fraction of sp³-hybridized carbons (Fsp3) is 0.263. The van der Waals surface area contributed by atoms with E-state index < -0.39 is 0 Å². The summed E-state index contributed by atoms with van der Waals surface area (Å²) in [4.78, 5) is 16.7. The lowest BCUT2D eigenvalue weighted by Crippen LogP contribution is -2.19. The predicted molar refractivity (Wildman–Crippen MR) is 103 cm³/mol. The van der Waals surface area contributed by atoms with Crippen molar-refractivity contribution in [2.75, 3.05) is 5.32 Å². The number of amides is 1. The molecule has 1 amide bonds. The highest BCUT2D eigenvalue weighted by molar-refractivity contribution is 6.36. The van der Waals surface area contributed by atoms with Gasteiger partial charge in [-0.1, -0.05) is 56.1 Å². The Bertz CT molecular complexity index is 941. The smallest absolute Gasteiger partial charge is 0.224 e. The molecule has 0 aliphatic rings. The highest BCUT2D eigenvalue weighted by Gasteiger charge is 2.16. The van der Waals surface area contributed by atoms with Gasteiger partial charge in [0.2, 0.25) is 5.91 Å². The Morgan fingerprint density at radius 2 is 1.96 bits per heavy atom. The van der Waals surface area contributed by atoms with Gasteiger partial charge in [0, 0.05) is 30.1 Å². The number of hydrogen-bond donors (Lipinski definition) is 1. The van der Waals surface area contributed by atoms with Gasteiger partial charge in [-0.05, 0) is 23.6 Å². The largest absolute Gasteiger partial charge is 0.326 e. The monoisotopic (exact) mass is 375 g/mol. The van der Waals surface area contributed by atoms with E-state index in [2.05, 4.69) is 10.3 Å². The molecule has 0 saturated carbocycles. The van der Waals surface area contributed by atoms with Crippen molar-refractivity contribution in [1.29, 1.82) is 0 Å². The second kappa shape index (κ2) is 6.70. The number of fused-ring (bicyclic) bond motifs is 1. The number of aromatic nitrogens is 2. The van der Waals surface area contributed by atoms with Crippen molar-refractivity contribution in [2.24, 2.45) is 5.41 Å². The first kappa shape index (κ1) is 17.8. The number of benzene rings is 1. The summed E-state index contributed by atoms with van der Waals surface area (Å²) < 4.78 is 1.80. The van der Waals surface area contributed by atoms with Crippen LogP contribution < -0.4 is 5.32 Å². The zero-order valence-corrected chi connectivity index (χ0v) is 15.8. The number of carbonyl (C=O) groups excluding carboxylic acids is 1. The average molecular weight is 376 g/mol. The Morgan fingerprint density at radius 1 is 1.20 bits per heavy atom. The molecular weight excluding hydrogens is 357 g/mol. The van der Waals surface area contributed by atoms with Crippen molar-refractivity contribution in [1.82, 2.24) is 9.38 Å². The summed E-state index contributed by atoms with van der Waals surface area (Å²) in [7, 11) is 0. The number of nitrogens with one attached hydrogen (secondary N) is 1. The van der Waals surface area contributed by atoms with E-state index in [1.807, 2.05) is 51.2 Å². The number of rotatable bonds is 3. The molecule has 0 radical (unpaired) electrons. The normalized spacial score (nSPS) is 11.7. The third kappa shape index (κ3) is 4.33. The van der Waals surface area contributed by atoms with Crippen LogP contribution in [0.4, 0.5) is 5.69 Å². The van der Waals surface area contributed by atoms with E-state index in [1.54, 1.807) is 16.7 Å². The molecule has 0 atom stereocenters. The van der Waals surface area contributed by atoms with E-state index in [-0.39, 0.29) is 11.3 Å². The zero-order chi connectivity index (χ0) is 18.2. The molecule has 0 fully saturated rings. The van der Waals surface area contributed by atoms with Crippen LogP contribution in [0.5, 0.6) is 0 Å². The number of carbonyl (C=O) groups is 1. The summed E-state index contributed by atoms with van der Waals surface area (Å²) in [6.45, 7) is 6.11. The molecule has 1 aromatic carbocycles. The molecule has 6 heteroatoms. The number of imidazole rings is 1. The van der Waals surface area contributed by atoms with E-state index in [4.69, 9.17) is 23.2 Å². The second-order valence-electron chi connectivity index (χ2n) is 7.23. The Labute approximate surface area is 156 Å². The van der Waals surface area contributed by atoms with Crippen LogP contribution in [0.1, 0.15) is 27.2 Å². The average Bonchev–Trinajstić information content (AvgIpc) is 2.89.